The highest BCUT2D eigenvalue weighted by molar-refractivity contribution is 7.99. The van der Waals surface area contributed by atoms with Gasteiger partial charge in [-0.25, -0.2) is 4.39 Å². The van der Waals surface area contributed by atoms with E-state index in [1.807, 2.05) is 6.07 Å². The maximum atomic E-state index is 13.2. The molecule has 1 nitrogen and oxygen atoms in total. The Labute approximate surface area is 131 Å². The number of rotatable bonds is 7. The summed E-state index contributed by atoms with van der Waals surface area (Å²) in [5, 5.41) is 3.52. The van der Waals surface area contributed by atoms with Crippen molar-refractivity contribution in [3.63, 3.8) is 0 Å². The number of nitrogens with one attached hydrogen (secondary N) is 1. The van der Waals surface area contributed by atoms with Crippen LogP contribution in [0.15, 0.2) is 53.4 Å². The van der Waals surface area contributed by atoms with Gasteiger partial charge in [0.05, 0.1) is 0 Å². The van der Waals surface area contributed by atoms with Crippen molar-refractivity contribution < 1.29 is 4.39 Å². The zero-order chi connectivity index (χ0) is 15.1. The summed E-state index contributed by atoms with van der Waals surface area (Å²) in [4.78, 5) is 0.976. The highest BCUT2D eigenvalue weighted by Gasteiger charge is 2.11. The zero-order valence-electron chi connectivity index (χ0n) is 12.6. The predicted molar refractivity (Wildman–Crippen MR) is 89.4 cm³/mol. The van der Waals surface area contributed by atoms with Gasteiger partial charge in [-0.2, -0.15) is 0 Å². The lowest BCUT2D eigenvalue weighted by molar-refractivity contribution is 0.605. The molecule has 0 aromatic heterocycles. The van der Waals surface area contributed by atoms with Crippen LogP contribution >= 0.6 is 11.8 Å². The first kappa shape index (κ1) is 16.1. The Morgan fingerprint density at radius 3 is 2.62 bits per heavy atom. The highest BCUT2D eigenvalue weighted by atomic mass is 32.2. The van der Waals surface area contributed by atoms with E-state index < -0.39 is 0 Å². The lowest BCUT2D eigenvalue weighted by atomic mass is 10.0. The Kier molecular flexibility index (Phi) is 6.27. The van der Waals surface area contributed by atoms with Crippen molar-refractivity contribution in [1.82, 2.24) is 5.32 Å². The SMILES string of the molecule is CCNC(CSc1cccc(F)c1)c1cccc(CC)c1. The number of halogens is 1. The van der Waals surface area contributed by atoms with Gasteiger partial charge in [0.1, 0.15) is 5.82 Å². The van der Waals surface area contributed by atoms with Gasteiger partial charge in [0.25, 0.3) is 0 Å². The molecule has 3 heteroatoms. The predicted octanol–water partition coefficient (Wildman–Crippen LogP) is 4.83. The number of hydrogen-bond acceptors (Lipinski definition) is 2. The normalized spacial score (nSPS) is 12.3. The van der Waals surface area contributed by atoms with E-state index in [9.17, 15) is 4.39 Å². The van der Waals surface area contributed by atoms with Gasteiger partial charge in [-0.1, -0.05) is 44.2 Å². The molecule has 0 heterocycles. The van der Waals surface area contributed by atoms with Gasteiger partial charge in [0.2, 0.25) is 0 Å². The summed E-state index contributed by atoms with van der Waals surface area (Å²) in [5.74, 6) is 0.720. The Balaban J connectivity index is 2.07. The lowest BCUT2D eigenvalue weighted by Crippen LogP contribution is -2.23. The third-order valence-electron chi connectivity index (χ3n) is 3.42. The van der Waals surface area contributed by atoms with Crippen molar-refractivity contribution in [1.29, 1.82) is 0 Å². The standard InChI is InChI=1S/C18H22FNS/c1-3-14-7-5-8-15(11-14)18(20-4-2)13-21-17-10-6-9-16(19)12-17/h5-12,18,20H,3-4,13H2,1-2H3. The molecule has 0 aliphatic rings. The molecule has 0 aliphatic carbocycles. The second-order valence-corrected chi connectivity index (χ2v) is 6.07. The topological polar surface area (TPSA) is 12.0 Å². The minimum absolute atomic E-state index is 0.173. The molecule has 1 atom stereocenters. The highest BCUT2D eigenvalue weighted by Crippen LogP contribution is 2.25. The number of thioether (sulfide) groups is 1. The Morgan fingerprint density at radius 2 is 1.90 bits per heavy atom. The maximum Gasteiger partial charge on any atom is 0.124 e. The molecular formula is C18H22FNS. The molecular weight excluding hydrogens is 281 g/mol. The quantitative estimate of drug-likeness (QED) is 0.735. The minimum atomic E-state index is -0.173. The fourth-order valence-electron chi connectivity index (χ4n) is 2.29. The van der Waals surface area contributed by atoms with Crippen LogP contribution in [-0.2, 0) is 6.42 Å². The van der Waals surface area contributed by atoms with Gasteiger partial charge >= 0.3 is 0 Å². The van der Waals surface area contributed by atoms with E-state index in [1.54, 1.807) is 23.9 Å². The molecule has 0 spiro atoms. The number of aryl methyl sites for hydroxylation is 1. The first-order chi connectivity index (χ1) is 10.2. The van der Waals surface area contributed by atoms with E-state index >= 15 is 0 Å². The molecule has 2 aromatic rings. The molecule has 0 amide bonds. The first-order valence-electron chi connectivity index (χ1n) is 7.43. The maximum absolute atomic E-state index is 13.2. The molecule has 1 unspecified atom stereocenters. The van der Waals surface area contributed by atoms with Gasteiger partial charge in [-0.15, -0.1) is 11.8 Å². The summed E-state index contributed by atoms with van der Waals surface area (Å²) in [5.41, 5.74) is 2.66. The van der Waals surface area contributed by atoms with Crippen LogP contribution in [0.5, 0.6) is 0 Å². The summed E-state index contributed by atoms with van der Waals surface area (Å²) >= 11 is 1.69. The molecule has 2 rings (SSSR count). The molecule has 0 radical (unpaired) electrons. The first-order valence-corrected chi connectivity index (χ1v) is 8.42. The van der Waals surface area contributed by atoms with Crippen LogP contribution in [0.25, 0.3) is 0 Å². The monoisotopic (exact) mass is 303 g/mol. The molecule has 0 saturated heterocycles. The average Bonchev–Trinajstić information content (AvgIpc) is 2.51. The van der Waals surface area contributed by atoms with Crippen molar-refractivity contribution in [2.75, 3.05) is 12.3 Å². The van der Waals surface area contributed by atoms with Crippen LogP contribution in [-0.4, -0.2) is 12.3 Å². The molecule has 0 bridgehead atoms. The fraction of sp³-hybridized carbons (Fsp3) is 0.333. The van der Waals surface area contributed by atoms with Crippen LogP contribution in [0.1, 0.15) is 31.0 Å². The van der Waals surface area contributed by atoms with E-state index in [0.29, 0.717) is 0 Å². The molecule has 21 heavy (non-hydrogen) atoms. The molecule has 0 fully saturated rings. The van der Waals surface area contributed by atoms with Crippen LogP contribution in [0.3, 0.4) is 0 Å². The van der Waals surface area contributed by atoms with Crippen molar-refractivity contribution in [2.24, 2.45) is 0 Å². The minimum Gasteiger partial charge on any atom is -0.309 e. The van der Waals surface area contributed by atoms with Crippen molar-refractivity contribution in [3.05, 3.63) is 65.5 Å². The number of hydrogen-bond donors (Lipinski definition) is 1. The van der Waals surface area contributed by atoms with Gasteiger partial charge in [0.15, 0.2) is 0 Å². The van der Waals surface area contributed by atoms with Crippen LogP contribution in [0.2, 0.25) is 0 Å². The van der Waals surface area contributed by atoms with Crippen molar-refractivity contribution in [2.45, 2.75) is 31.2 Å². The lowest BCUT2D eigenvalue weighted by Gasteiger charge is -2.19. The van der Waals surface area contributed by atoms with Gasteiger partial charge < -0.3 is 5.32 Å². The van der Waals surface area contributed by atoms with E-state index in [-0.39, 0.29) is 11.9 Å². The van der Waals surface area contributed by atoms with E-state index in [1.165, 1.54) is 17.2 Å². The molecule has 112 valence electrons. The number of benzene rings is 2. The van der Waals surface area contributed by atoms with E-state index in [4.69, 9.17) is 0 Å². The van der Waals surface area contributed by atoms with Crippen molar-refractivity contribution >= 4 is 11.8 Å². The molecule has 0 saturated carbocycles. The van der Waals surface area contributed by atoms with Crippen LogP contribution < -0.4 is 5.32 Å². The second-order valence-electron chi connectivity index (χ2n) is 4.98. The average molecular weight is 303 g/mol. The Hall–Kier alpha value is -1.32. The van der Waals surface area contributed by atoms with Crippen LogP contribution in [0.4, 0.5) is 4.39 Å². The summed E-state index contributed by atoms with van der Waals surface area (Å²) in [6.45, 7) is 5.21. The Morgan fingerprint density at radius 1 is 1.10 bits per heavy atom. The zero-order valence-corrected chi connectivity index (χ0v) is 13.4. The summed E-state index contributed by atoms with van der Waals surface area (Å²) < 4.78 is 13.2. The summed E-state index contributed by atoms with van der Waals surface area (Å²) in [7, 11) is 0. The van der Waals surface area contributed by atoms with Gasteiger partial charge in [-0.05, 0) is 42.3 Å². The third-order valence-corrected chi connectivity index (χ3v) is 4.51. The third kappa shape index (κ3) is 4.87. The van der Waals surface area contributed by atoms with E-state index in [2.05, 4.69) is 43.4 Å². The van der Waals surface area contributed by atoms with E-state index in [0.717, 1.165) is 23.6 Å². The fourth-order valence-corrected chi connectivity index (χ4v) is 3.33. The smallest absolute Gasteiger partial charge is 0.124 e. The van der Waals surface area contributed by atoms with Gasteiger partial charge in [0, 0.05) is 16.7 Å². The van der Waals surface area contributed by atoms with Crippen molar-refractivity contribution in [3.8, 4) is 0 Å². The molecule has 2 aromatic carbocycles. The van der Waals surface area contributed by atoms with Gasteiger partial charge in [-0.3, -0.25) is 0 Å². The summed E-state index contributed by atoms with van der Waals surface area (Å²) in [6, 6.07) is 15.8. The largest absolute Gasteiger partial charge is 0.309 e. The summed E-state index contributed by atoms with van der Waals surface area (Å²) in [6.07, 6.45) is 1.05. The second kappa shape index (κ2) is 8.20. The molecule has 0 aliphatic heterocycles. The van der Waals surface area contributed by atoms with Crippen LogP contribution in [0, 0.1) is 5.82 Å². The Bertz CT molecular complexity index is 571. The molecule has 1 N–H and O–H groups in total.